The van der Waals surface area contributed by atoms with Gasteiger partial charge in [-0.1, -0.05) is 30.3 Å². The smallest absolute Gasteiger partial charge is 0.410 e. The van der Waals surface area contributed by atoms with Crippen molar-refractivity contribution in [2.24, 2.45) is 17.8 Å². The molecule has 0 bridgehead atoms. The molecule has 1 amide bonds. The Balaban J connectivity index is 2.16. The molecular formula is C18H25NO7. The SMILES string of the molecule is COC(=O)[C@@H]1[C@@H](CO)CN(C(=O)OCc2ccccc2)[C@@H](CO)[C@H]1CO. The second kappa shape index (κ2) is 9.51. The number of likely N-dealkylation sites (tertiary alicyclic amines) is 1. The molecule has 0 unspecified atom stereocenters. The van der Waals surface area contributed by atoms with Crippen LogP contribution in [0.4, 0.5) is 4.79 Å². The first kappa shape index (κ1) is 20.2. The molecule has 2 rings (SSSR count). The standard InChI is InChI=1S/C18H25NO7/c1-25-17(23)16-13(8-20)7-19(15(10-22)14(16)9-21)18(24)26-11-12-5-3-2-4-6-12/h2-6,13-16,20-22H,7-11H2,1H3/t13-,14-,15+,16-/m1/s1. The summed E-state index contributed by atoms with van der Waals surface area (Å²) in [7, 11) is 1.22. The number of aliphatic hydroxyl groups is 3. The summed E-state index contributed by atoms with van der Waals surface area (Å²) < 4.78 is 10.1. The molecule has 1 aliphatic heterocycles. The van der Waals surface area contributed by atoms with Gasteiger partial charge in [-0.05, 0) is 5.56 Å². The van der Waals surface area contributed by atoms with Crippen LogP contribution >= 0.6 is 0 Å². The number of methoxy groups -OCH3 is 1. The van der Waals surface area contributed by atoms with Gasteiger partial charge in [0, 0.05) is 31.6 Å². The molecule has 0 radical (unpaired) electrons. The summed E-state index contributed by atoms with van der Waals surface area (Å²) in [6.07, 6.45) is -0.673. The fourth-order valence-corrected chi connectivity index (χ4v) is 3.48. The molecule has 8 nitrogen and oxygen atoms in total. The minimum atomic E-state index is -0.815. The van der Waals surface area contributed by atoms with E-state index < -0.39 is 49.1 Å². The first-order valence-corrected chi connectivity index (χ1v) is 8.45. The summed E-state index contributed by atoms with van der Waals surface area (Å²) >= 11 is 0. The van der Waals surface area contributed by atoms with Gasteiger partial charge in [-0.25, -0.2) is 4.79 Å². The van der Waals surface area contributed by atoms with Crippen LogP contribution in [0, 0.1) is 17.8 Å². The van der Waals surface area contributed by atoms with Gasteiger partial charge in [-0.3, -0.25) is 4.79 Å². The molecule has 1 aliphatic rings. The number of rotatable bonds is 6. The number of hydrogen-bond donors (Lipinski definition) is 3. The largest absolute Gasteiger partial charge is 0.469 e. The van der Waals surface area contributed by atoms with E-state index in [1.807, 2.05) is 30.3 Å². The van der Waals surface area contributed by atoms with Gasteiger partial charge in [0.25, 0.3) is 0 Å². The van der Waals surface area contributed by atoms with Crippen molar-refractivity contribution in [2.75, 3.05) is 33.5 Å². The normalized spacial score (nSPS) is 25.6. The van der Waals surface area contributed by atoms with Crippen LogP contribution in [0.25, 0.3) is 0 Å². The Kier molecular flexibility index (Phi) is 7.38. The van der Waals surface area contributed by atoms with Crippen molar-refractivity contribution in [3.05, 3.63) is 35.9 Å². The fourth-order valence-electron chi connectivity index (χ4n) is 3.48. The highest BCUT2D eigenvalue weighted by Crippen LogP contribution is 2.34. The Morgan fingerprint density at radius 3 is 2.35 bits per heavy atom. The van der Waals surface area contributed by atoms with Crippen molar-refractivity contribution in [3.63, 3.8) is 0 Å². The topological polar surface area (TPSA) is 117 Å². The Morgan fingerprint density at radius 2 is 1.81 bits per heavy atom. The number of esters is 1. The van der Waals surface area contributed by atoms with Gasteiger partial charge in [0.1, 0.15) is 6.61 Å². The van der Waals surface area contributed by atoms with E-state index in [9.17, 15) is 24.9 Å². The molecule has 144 valence electrons. The zero-order chi connectivity index (χ0) is 19.1. The maximum atomic E-state index is 12.5. The molecule has 1 heterocycles. The number of amides is 1. The number of benzene rings is 1. The number of aliphatic hydroxyl groups excluding tert-OH is 3. The van der Waals surface area contributed by atoms with Gasteiger partial charge in [0.05, 0.1) is 25.7 Å². The predicted octanol–water partition coefficient (Wildman–Crippen LogP) is 0.00590. The van der Waals surface area contributed by atoms with E-state index in [0.29, 0.717) is 0 Å². The molecule has 0 saturated carbocycles. The van der Waals surface area contributed by atoms with Crippen molar-refractivity contribution in [2.45, 2.75) is 12.6 Å². The molecule has 3 N–H and O–H groups in total. The van der Waals surface area contributed by atoms with Gasteiger partial charge in [0.2, 0.25) is 0 Å². The lowest BCUT2D eigenvalue weighted by Crippen LogP contribution is -2.60. The van der Waals surface area contributed by atoms with Crippen molar-refractivity contribution >= 4 is 12.1 Å². The van der Waals surface area contributed by atoms with E-state index in [0.717, 1.165) is 5.56 Å². The molecular weight excluding hydrogens is 342 g/mol. The van der Waals surface area contributed by atoms with Gasteiger partial charge in [-0.2, -0.15) is 0 Å². The predicted molar refractivity (Wildman–Crippen MR) is 90.9 cm³/mol. The van der Waals surface area contributed by atoms with E-state index in [-0.39, 0.29) is 19.8 Å². The lowest BCUT2D eigenvalue weighted by atomic mass is 9.74. The lowest BCUT2D eigenvalue weighted by Gasteiger charge is -2.46. The first-order valence-electron chi connectivity index (χ1n) is 8.45. The molecule has 1 aromatic rings. The Labute approximate surface area is 151 Å². The van der Waals surface area contributed by atoms with Crippen LogP contribution in [0.5, 0.6) is 0 Å². The molecule has 1 aromatic carbocycles. The van der Waals surface area contributed by atoms with Crippen LogP contribution in [-0.4, -0.2) is 71.8 Å². The summed E-state index contributed by atoms with van der Waals surface area (Å²) in [5, 5.41) is 29.2. The average Bonchev–Trinajstić information content (AvgIpc) is 2.70. The Bertz CT molecular complexity index is 594. The zero-order valence-corrected chi connectivity index (χ0v) is 14.7. The number of piperidine rings is 1. The van der Waals surface area contributed by atoms with E-state index in [2.05, 4.69) is 0 Å². The molecule has 26 heavy (non-hydrogen) atoms. The summed E-state index contributed by atoms with van der Waals surface area (Å²) in [6, 6.07) is 8.31. The third-order valence-corrected chi connectivity index (χ3v) is 4.84. The number of carbonyl (C=O) groups is 2. The number of hydrogen-bond acceptors (Lipinski definition) is 7. The minimum Gasteiger partial charge on any atom is -0.469 e. The first-order chi connectivity index (χ1) is 12.6. The molecule has 0 spiro atoms. The fraction of sp³-hybridized carbons (Fsp3) is 0.556. The van der Waals surface area contributed by atoms with Crippen LogP contribution in [0.3, 0.4) is 0 Å². The van der Waals surface area contributed by atoms with Crippen molar-refractivity contribution in [1.82, 2.24) is 4.90 Å². The summed E-state index contributed by atoms with van der Waals surface area (Å²) in [6.45, 7) is -1.17. The highest BCUT2D eigenvalue weighted by molar-refractivity contribution is 5.75. The monoisotopic (exact) mass is 367 g/mol. The molecule has 0 aromatic heterocycles. The van der Waals surface area contributed by atoms with Crippen LogP contribution in [0.15, 0.2) is 30.3 Å². The third kappa shape index (κ3) is 4.32. The van der Waals surface area contributed by atoms with E-state index in [4.69, 9.17) is 9.47 Å². The van der Waals surface area contributed by atoms with Crippen LogP contribution < -0.4 is 0 Å². The quantitative estimate of drug-likeness (QED) is 0.606. The molecule has 1 fully saturated rings. The highest BCUT2D eigenvalue weighted by Gasteiger charge is 2.48. The third-order valence-electron chi connectivity index (χ3n) is 4.84. The number of carbonyl (C=O) groups excluding carboxylic acids is 2. The van der Waals surface area contributed by atoms with Crippen LogP contribution in [-0.2, 0) is 20.9 Å². The summed E-state index contributed by atoms with van der Waals surface area (Å²) in [5.74, 6) is -2.78. The number of ether oxygens (including phenoxy) is 2. The summed E-state index contributed by atoms with van der Waals surface area (Å²) in [4.78, 5) is 25.9. The maximum absolute atomic E-state index is 12.5. The second-order valence-corrected chi connectivity index (χ2v) is 6.28. The zero-order valence-electron chi connectivity index (χ0n) is 14.7. The van der Waals surface area contributed by atoms with E-state index in [1.165, 1.54) is 12.0 Å². The van der Waals surface area contributed by atoms with Crippen LogP contribution in [0.1, 0.15) is 5.56 Å². The van der Waals surface area contributed by atoms with E-state index >= 15 is 0 Å². The molecule has 4 atom stereocenters. The van der Waals surface area contributed by atoms with Crippen molar-refractivity contribution in [1.29, 1.82) is 0 Å². The molecule has 1 saturated heterocycles. The molecule has 0 aliphatic carbocycles. The number of nitrogens with zero attached hydrogens (tertiary/aromatic N) is 1. The van der Waals surface area contributed by atoms with Crippen molar-refractivity contribution in [3.8, 4) is 0 Å². The Hall–Kier alpha value is -2.16. The Morgan fingerprint density at radius 1 is 1.12 bits per heavy atom. The van der Waals surface area contributed by atoms with E-state index in [1.54, 1.807) is 0 Å². The van der Waals surface area contributed by atoms with Gasteiger partial charge in [0.15, 0.2) is 0 Å². The average molecular weight is 367 g/mol. The van der Waals surface area contributed by atoms with Crippen molar-refractivity contribution < 1.29 is 34.4 Å². The van der Waals surface area contributed by atoms with Crippen LogP contribution in [0.2, 0.25) is 0 Å². The lowest BCUT2D eigenvalue weighted by molar-refractivity contribution is -0.158. The van der Waals surface area contributed by atoms with Gasteiger partial charge >= 0.3 is 12.1 Å². The maximum Gasteiger partial charge on any atom is 0.410 e. The highest BCUT2D eigenvalue weighted by atomic mass is 16.6. The van der Waals surface area contributed by atoms with Gasteiger partial charge in [-0.15, -0.1) is 0 Å². The second-order valence-electron chi connectivity index (χ2n) is 6.28. The van der Waals surface area contributed by atoms with Gasteiger partial charge < -0.3 is 29.7 Å². The minimum absolute atomic E-state index is 0.0195. The molecule has 8 heteroatoms. The summed E-state index contributed by atoms with van der Waals surface area (Å²) in [5.41, 5.74) is 0.809.